The highest BCUT2D eigenvalue weighted by Crippen LogP contribution is 2.32. The van der Waals surface area contributed by atoms with Gasteiger partial charge >= 0.3 is 6.61 Å². The summed E-state index contributed by atoms with van der Waals surface area (Å²) in [7, 11) is 0.256. The lowest BCUT2D eigenvalue weighted by Gasteiger charge is -2.31. The van der Waals surface area contributed by atoms with Gasteiger partial charge in [0.15, 0.2) is 0 Å². The van der Waals surface area contributed by atoms with Gasteiger partial charge in [0.05, 0.1) is 4.91 Å². The number of aryl methyl sites for hydroxylation is 1. The molecule has 1 aromatic carbocycles. The van der Waals surface area contributed by atoms with Crippen LogP contribution in [0.4, 0.5) is 8.78 Å². The van der Waals surface area contributed by atoms with Crippen LogP contribution < -0.4 is 4.74 Å². The molecule has 0 aromatic heterocycles. The fourth-order valence-electron chi connectivity index (χ4n) is 4.36. The van der Waals surface area contributed by atoms with Crippen LogP contribution in [0.5, 0.6) is 5.75 Å². The van der Waals surface area contributed by atoms with Crippen molar-refractivity contribution in [2.24, 2.45) is 0 Å². The second kappa shape index (κ2) is 10.4. The Morgan fingerprint density at radius 1 is 1.23 bits per heavy atom. The average Bonchev–Trinajstić information content (AvgIpc) is 3.17. The zero-order valence-electron chi connectivity index (χ0n) is 18.6. The molecular weight excluding hydrogens is 424 g/mol. The van der Waals surface area contributed by atoms with Gasteiger partial charge in [-0.25, -0.2) is 8.42 Å². The van der Waals surface area contributed by atoms with Gasteiger partial charge in [0, 0.05) is 25.7 Å². The number of benzene rings is 1. The Hall–Kier alpha value is -1.55. The largest absolute Gasteiger partial charge is 0.435 e. The summed E-state index contributed by atoms with van der Waals surface area (Å²) in [6, 6.07) is 4.93. The number of likely N-dealkylation sites (tertiary alicyclic amines) is 1. The van der Waals surface area contributed by atoms with Crippen molar-refractivity contribution in [1.82, 2.24) is 14.1 Å². The quantitative estimate of drug-likeness (QED) is 0.540. The normalized spacial score (nSPS) is 19.9. The van der Waals surface area contributed by atoms with Gasteiger partial charge in [0.25, 0.3) is 0 Å². The summed E-state index contributed by atoms with van der Waals surface area (Å²) in [6.45, 7) is 2.76. The van der Waals surface area contributed by atoms with Gasteiger partial charge < -0.3 is 9.64 Å². The Morgan fingerprint density at radius 2 is 2.00 bits per heavy atom. The molecular formula is C22H33F2N3O3S. The number of hydrogen-bond donors (Lipinski definition) is 0. The highest BCUT2D eigenvalue weighted by atomic mass is 32.2. The summed E-state index contributed by atoms with van der Waals surface area (Å²) in [5, 5.41) is 0. The number of likely N-dealkylation sites (N-methyl/N-ethyl adjacent to an activating group) is 2. The van der Waals surface area contributed by atoms with Crippen LogP contribution in [-0.2, 0) is 16.4 Å². The number of rotatable bonds is 10. The van der Waals surface area contributed by atoms with Crippen molar-refractivity contribution in [1.29, 1.82) is 0 Å². The minimum absolute atomic E-state index is 0.0990. The first kappa shape index (κ1) is 24.1. The van der Waals surface area contributed by atoms with E-state index in [1.165, 1.54) is 6.07 Å². The highest BCUT2D eigenvalue weighted by molar-refractivity contribution is 7.93. The number of fused-ring (bicyclic) bond motifs is 1. The minimum atomic E-state index is -3.62. The van der Waals surface area contributed by atoms with E-state index in [0.29, 0.717) is 37.4 Å². The molecule has 6 nitrogen and oxygen atoms in total. The third kappa shape index (κ3) is 6.03. The fraction of sp³-hybridized carbons (Fsp3) is 0.636. The number of alkyl halides is 2. The Bertz CT molecular complexity index is 890. The number of allylic oxidation sites excluding steroid dienone is 1. The zero-order chi connectivity index (χ0) is 22.6. The SMILES string of the molecule is CCN1CCCC1CN(CCN(C)C)S(=O)(=O)C1=Cc2ccc(OC(F)F)cc2CC1. The van der Waals surface area contributed by atoms with Gasteiger partial charge in [0.1, 0.15) is 5.75 Å². The molecule has 31 heavy (non-hydrogen) atoms. The number of nitrogens with zero attached hydrogens (tertiary/aromatic N) is 3. The van der Waals surface area contributed by atoms with Crippen LogP contribution in [0.1, 0.15) is 37.3 Å². The van der Waals surface area contributed by atoms with E-state index in [4.69, 9.17) is 0 Å². The topological polar surface area (TPSA) is 53.1 Å². The number of ether oxygens (including phenoxy) is 1. The summed E-state index contributed by atoms with van der Waals surface area (Å²) in [4.78, 5) is 4.74. The van der Waals surface area contributed by atoms with Gasteiger partial charge in [-0.2, -0.15) is 13.1 Å². The van der Waals surface area contributed by atoms with E-state index < -0.39 is 16.6 Å². The second-order valence-corrected chi connectivity index (χ2v) is 10.4. The first-order valence-corrected chi connectivity index (χ1v) is 12.3. The van der Waals surface area contributed by atoms with Crippen LogP contribution in [0.25, 0.3) is 6.08 Å². The average molecular weight is 458 g/mol. The lowest BCUT2D eigenvalue weighted by molar-refractivity contribution is -0.0498. The maximum atomic E-state index is 13.6. The summed E-state index contributed by atoms with van der Waals surface area (Å²) >= 11 is 0. The molecule has 0 amide bonds. The van der Waals surface area contributed by atoms with Gasteiger partial charge in [-0.05, 0) is 82.2 Å². The molecule has 1 unspecified atom stereocenters. The molecule has 9 heteroatoms. The predicted octanol–water partition coefficient (Wildman–Crippen LogP) is 3.25. The molecule has 1 heterocycles. The van der Waals surface area contributed by atoms with Crippen molar-refractivity contribution in [2.45, 2.75) is 45.3 Å². The van der Waals surface area contributed by atoms with E-state index in [-0.39, 0.29) is 11.8 Å². The Labute approximate surface area is 184 Å². The molecule has 0 spiro atoms. The first-order chi connectivity index (χ1) is 14.7. The molecule has 1 aromatic rings. The molecule has 3 rings (SSSR count). The highest BCUT2D eigenvalue weighted by Gasteiger charge is 2.33. The third-order valence-electron chi connectivity index (χ3n) is 6.08. The summed E-state index contributed by atoms with van der Waals surface area (Å²) in [6.07, 6.45) is 4.63. The van der Waals surface area contributed by atoms with Crippen molar-refractivity contribution < 1.29 is 21.9 Å². The molecule has 1 fully saturated rings. The maximum Gasteiger partial charge on any atom is 0.387 e. The van der Waals surface area contributed by atoms with Gasteiger partial charge in [-0.3, -0.25) is 4.90 Å². The molecule has 1 aliphatic heterocycles. The standard InChI is InChI=1S/C22H33F2N3O3S/c1-4-26-11-5-6-19(26)16-27(13-12-25(2)3)31(28,29)21-10-8-17-14-20(30-22(23)24)9-7-18(17)15-21/h7,9,14-15,19,22H,4-6,8,10-13,16H2,1-3H3. The molecule has 1 saturated heterocycles. The fourth-order valence-corrected chi connectivity index (χ4v) is 6.02. The van der Waals surface area contributed by atoms with Gasteiger partial charge in [-0.1, -0.05) is 13.0 Å². The van der Waals surface area contributed by atoms with E-state index in [2.05, 4.69) is 16.6 Å². The predicted molar refractivity (Wildman–Crippen MR) is 119 cm³/mol. The van der Waals surface area contributed by atoms with Crippen LogP contribution in [0.3, 0.4) is 0 Å². The number of sulfonamides is 1. The van der Waals surface area contributed by atoms with Crippen molar-refractivity contribution in [3.05, 3.63) is 34.2 Å². The summed E-state index contributed by atoms with van der Waals surface area (Å²) < 4.78 is 58.3. The van der Waals surface area contributed by atoms with E-state index in [9.17, 15) is 17.2 Å². The Morgan fingerprint density at radius 3 is 2.68 bits per heavy atom. The Balaban J connectivity index is 1.84. The molecule has 174 valence electrons. The maximum absolute atomic E-state index is 13.6. The van der Waals surface area contributed by atoms with Crippen molar-refractivity contribution >= 4 is 16.1 Å². The van der Waals surface area contributed by atoms with E-state index in [0.717, 1.165) is 37.1 Å². The monoisotopic (exact) mass is 457 g/mol. The third-order valence-corrected chi connectivity index (χ3v) is 8.08. The molecule has 0 bridgehead atoms. The zero-order valence-corrected chi connectivity index (χ0v) is 19.4. The van der Waals surface area contributed by atoms with E-state index in [1.54, 1.807) is 22.5 Å². The van der Waals surface area contributed by atoms with Crippen molar-refractivity contribution in [3.63, 3.8) is 0 Å². The molecule has 1 atom stereocenters. The smallest absolute Gasteiger partial charge is 0.387 e. The summed E-state index contributed by atoms with van der Waals surface area (Å²) in [5.41, 5.74) is 1.57. The van der Waals surface area contributed by atoms with Crippen LogP contribution in [-0.4, -0.2) is 82.0 Å². The van der Waals surface area contributed by atoms with Crippen LogP contribution in [0.15, 0.2) is 23.1 Å². The number of halogens is 2. The van der Waals surface area contributed by atoms with Crippen LogP contribution >= 0.6 is 0 Å². The van der Waals surface area contributed by atoms with E-state index in [1.807, 2.05) is 19.0 Å². The lowest BCUT2D eigenvalue weighted by atomic mass is 9.97. The van der Waals surface area contributed by atoms with Gasteiger partial charge in [-0.15, -0.1) is 0 Å². The summed E-state index contributed by atoms with van der Waals surface area (Å²) in [5.74, 6) is 0.0990. The molecule has 0 radical (unpaired) electrons. The van der Waals surface area contributed by atoms with E-state index >= 15 is 0 Å². The molecule has 1 aliphatic carbocycles. The van der Waals surface area contributed by atoms with Crippen molar-refractivity contribution in [2.75, 3.05) is 46.8 Å². The molecule has 0 saturated carbocycles. The van der Waals surface area contributed by atoms with Gasteiger partial charge in [0.2, 0.25) is 10.0 Å². The first-order valence-electron chi connectivity index (χ1n) is 10.9. The lowest BCUT2D eigenvalue weighted by Crippen LogP contribution is -2.45. The Kier molecular flexibility index (Phi) is 8.07. The minimum Gasteiger partial charge on any atom is -0.435 e. The molecule has 0 N–H and O–H groups in total. The van der Waals surface area contributed by atoms with Crippen molar-refractivity contribution in [3.8, 4) is 5.75 Å². The number of hydrogen-bond acceptors (Lipinski definition) is 5. The second-order valence-electron chi connectivity index (χ2n) is 8.44. The molecule has 2 aliphatic rings. The van der Waals surface area contributed by atoms with Crippen LogP contribution in [0, 0.1) is 0 Å². The van der Waals surface area contributed by atoms with Crippen LogP contribution in [0.2, 0.25) is 0 Å².